The summed E-state index contributed by atoms with van der Waals surface area (Å²) < 4.78 is 39.6. The van der Waals surface area contributed by atoms with Crippen molar-refractivity contribution in [3.05, 3.63) is 52.5 Å². The minimum Gasteiger partial charge on any atom is -0.369 e. The van der Waals surface area contributed by atoms with Gasteiger partial charge in [-0.05, 0) is 42.1 Å². The van der Waals surface area contributed by atoms with Crippen molar-refractivity contribution in [3.63, 3.8) is 0 Å². The molecule has 1 aliphatic heterocycles. The van der Waals surface area contributed by atoms with Gasteiger partial charge in [0.15, 0.2) is 0 Å². The largest absolute Gasteiger partial charge is 0.369 e. The van der Waals surface area contributed by atoms with E-state index in [1.807, 2.05) is 17.5 Å². The number of halogens is 1. The first-order chi connectivity index (χ1) is 13.4. The average Bonchev–Trinajstić information content (AvgIpc) is 3.19. The van der Waals surface area contributed by atoms with Crippen molar-refractivity contribution in [1.29, 1.82) is 0 Å². The number of sulfonamides is 1. The summed E-state index contributed by atoms with van der Waals surface area (Å²) >= 11 is 1.53. The lowest BCUT2D eigenvalue weighted by atomic mass is 10.2. The second-order valence-electron chi connectivity index (χ2n) is 6.64. The quantitative estimate of drug-likeness (QED) is 0.658. The van der Waals surface area contributed by atoms with E-state index in [0.29, 0.717) is 45.6 Å². The Morgan fingerprint density at radius 2 is 1.82 bits per heavy atom. The molecule has 152 valence electrons. The number of carbonyl (C=O) groups excluding carboxylic acids is 1. The maximum atomic E-state index is 13.0. The molecule has 0 saturated carbocycles. The van der Waals surface area contributed by atoms with Crippen LogP contribution in [0.5, 0.6) is 0 Å². The number of nitrogens with one attached hydrogen (secondary N) is 1. The molecule has 1 aliphatic rings. The number of nitrogens with zero attached hydrogens (tertiary/aromatic N) is 2. The van der Waals surface area contributed by atoms with Crippen LogP contribution in [-0.4, -0.2) is 57.1 Å². The third kappa shape index (κ3) is 5.76. The van der Waals surface area contributed by atoms with E-state index in [-0.39, 0.29) is 17.5 Å². The van der Waals surface area contributed by atoms with E-state index in [2.05, 4.69) is 10.2 Å². The van der Waals surface area contributed by atoms with Gasteiger partial charge in [-0.3, -0.25) is 4.79 Å². The molecule has 1 saturated heterocycles. The van der Waals surface area contributed by atoms with E-state index >= 15 is 0 Å². The monoisotopic (exact) mass is 425 g/mol. The fourth-order valence-corrected chi connectivity index (χ4v) is 5.31. The van der Waals surface area contributed by atoms with Crippen LogP contribution >= 0.6 is 11.3 Å². The zero-order valence-electron chi connectivity index (χ0n) is 15.5. The van der Waals surface area contributed by atoms with Gasteiger partial charge < -0.3 is 10.2 Å². The highest BCUT2D eigenvalue weighted by atomic mass is 32.2. The SMILES string of the molecule is O=C(Cc1cccs1)NCCCS(=O)(=O)N1CCN(c2ccc(F)cc2)CC1. The van der Waals surface area contributed by atoms with E-state index in [1.165, 1.54) is 27.8 Å². The van der Waals surface area contributed by atoms with Crippen LogP contribution in [0.2, 0.25) is 0 Å². The first-order valence-electron chi connectivity index (χ1n) is 9.21. The highest BCUT2D eigenvalue weighted by Crippen LogP contribution is 2.18. The summed E-state index contributed by atoms with van der Waals surface area (Å²) in [5.41, 5.74) is 0.895. The predicted octanol–water partition coefficient (Wildman–Crippen LogP) is 2.09. The second kappa shape index (κ2) is 9.49. The lowest BCUT2D eigenvalue weighted by Crippen LogP contribution is -2.49. The van der Waals surface area contributed by atoms with Gasteiger partial charge in [0.05, 0.1) is 12.2 Å². The fraction of sp³-hybridized carbons (Fsp3) is 0.421. The topological polar surface area (TPSA) is 69.7 Å². The molecule has 2 heterocycles. The van der Waals surface area contributed by atoms with Crippen molar-refractivity contribution in [2.24, 2.45) is 0 Å². The Kier molecular flexibility index (Phi) is 7.03. The first-order valence-corrected chi connectivity index (χ1v) is 11.7. The Balaban J connectivity index is 1.39. The number of hydrogen-bond donors (Lipinski definition) is 1. The number of carbonyl (C=O) groups is 1. The molecule has 1 aromatic heterocycles. The molecule has 0 bridgehead atoms. The molecule has 9 heteroatoms. The summed E-state index contributed by atoms with van der Waals surface area (Å²) in [6.45, 7) is 2.30. The fourth-order valence-electron chi connectivity index (χ4n) is 3.12. The Morgan fingerprint density at radius 1 is 1.11 bits per heavy atom. The van der Waals surface area contributed by atoms with Crippen molar-refractivity contribution in [3.8, 4) is 0 Å². The molecule has 1 fully saturated rings. The molecule has 0 aliphatic carbocycles. The van der Waals surface area contributed by atoms with Crippen LogP contribution in [-0.2, 0) is 21.2 Å². The van der Waals surface area contributed by atoms with Crippen molar-refractivity contribution in [2.75, 3.05) is 43.4 Å². The van der Waals surface area contributed by atoms with Gasteiger partial charge in [-0.25, -0.2) is 12.8 Å². The number of benzene rings is 1. The van der Waals surface area contributed by atoms with Gasteiger partial charge >= 0.3 is 0 Å². The molecule has 1 N–H and O–H groups in total. The van der Waals surface area contributed by atoms with Crippen LogP contribution in [0.15, 0.2) is 41.8 Å². The Bertz CT molecular complexity index is 862. The molecular formula is C19H24FN3O3S2. The molecule has 0 unspecified atom stereocenters. The minimum absolute atomic E-state index is 0.0167. The van der Waals surface area contributed by atoms with Gasteiger partial charge in [0.2, 0.25) is 15.9 Å². The second-order valence-corrected chi connectivity index (χ2v) is 9.76. The highest BCUT2D eigenvalue weighted by Gasteiger charge is 2.26. The van der Waals surface area contributed by atoms with Crippen molar-refractivity contribution < 1.29 is 17.6 Å². The predicted molar refractivity (Wildman–Crippen MR) is 110 cm³/mol. The summed E-state index contributed by atoms with van der Waals surface area (Å²) in [7, 11) is -3.35. The summed E-state index contributed by atoms with van der Waals surface area (Å²) in [4.78, 5) is 14.9. The lowest BCUT2D eigenvalue weighted by molar-refractivity contribution is -0.120. The molecule has 0 spiro atoms. The standard InChI is InChI=1S/C19H24FN3O3S2/c20-16-4-6-17(7-5-16)22-9-11-23(12-10-22)28(25,26)14-2-8-21-19(24)15-18-3-1-13-27-18/h1,3-7,13H,2,8-12,14-15H2,(H,21,24). The number of amides is 1. The normalized spacial score (nSPS) is 15.5. The molecule has 1 amide bonds. The van der Waals surface area contributed by atoms with Gasteiger partial charge in [0, 0.05) is 43.3 Å². The van der Waals surface area contributed by atoms with Crippen LogP contribution in [0, 0.1) is 5.82 Å². The minimum atomic E-state index is -3.35. The third-order valence-corrected chi connectivity index (χ3v) is 7.47. The zero-order chi connectivity index (χ0) is 20.0. The van der Waals surface area contributed by atoms with Crippen LogP contribution < -0.4 is 10.2 Å². The number of rotatable bonds is 8. The highest BCUT2D eigenvalue weighted by molar-refractivity contribution is 7.89. The first kappa shape index (κ1) is 20.8. The summed E-state index contributed by atoms with van der Waals surface area (Å²) in [5.74, 6) is -0.358. The van der Waals surface area contributed by atoms with Crippen LogP contribution in [0.3, 0.4) is 0 Å². The summed E-state index contributed by atoms with van der Waals surface area (Å²) in [6, 6.07) is 10.0. The number of hydrogen-bond acceptors (Lipinski definition) is 5. The molecular weight excluding hydrogens is 401 g/mol. The van der Waals surface area contributed by atoms with E-state index in [0.717, 1.165) is 10.6 Å². The van der Waals surface area contributed by atoms with E-state index in [1.54, 1.807) is 12.1 Å². The van der Waals surface area contributed by atoms with Gasteiger partial charge in [-0.2, -0.15) is 4.31 Å². The Morgan fingerprint density at radius 3 is 2.46 bits per heavy atom. The van der Waals surface area contributed by atoms with Gasteiger partial charge in [-0.1, -0.05) is 6.07 Å². The maximum Gasteiger partial charge on any atom is 0.225 e. The average molecular weight is 426 g/mol. The molecule has 6 nitrogen and oxygen atoms in total. The molecule has 3 rings (SSSR count). The number of piperazine rings is 1. The van der Waals surface area contributed by atoms with Crippen molar-refractivity contribution in [2.45, 2.75) is 12.8 Å². The zero-order valence-corrected chi connectivity index (χ0v) is 17.1. The third-order valence-electron chi connectivity index (χ3n) is 4.64. The van der Waals surface area contributed by atoms with Crippen LogP contribution in [0.1, 0.15) is 11.3 Å². The van der Waals surface area contributed by atoms with E-state index < -0.39 is 10.0 Å². The summed E-state index contributed by atoms with van der Waals surface area (Å²) in [5, 5.41) is 4.70. The molecule has 28 heavy (non-hydrogen) atoms. The summed E-state index contributed by atoms with van der Waals surface area (Å²) in [6.07, 6.45) is 0.715. The van der Waals surface area contributed by atoms with Gasteiger partial charge in [0.1, 0.15) is 5.82 Å². The molecule has 0 radical (unpaired) electrons. The molecule has 0 atom stereocenters. The number of anilines is 1. The van der Waals surface area contributed by atoms with E-state index in [4.69, 9.17) is 0 Å². The lowest BCUT2D eigenvalue weighted by Gasteiger charge is -2.35. The number of thiophene rings is 1. The molecule has 2 aromatic rings. The van der Waals surface area contributed by atoms with Gasteiger partial charge in [-0.15, -0.1) is 11.3 Å². The smallest absolute Gasteiger partial charge is 0.225 e. The Labute approximate surface area is 169 Å². The molecule has 1 aromatic carbocycles. The van der Waals surface area contributed by atoms with Crippen molar-refractivity contribution in [1.82, 2.24) is 9.62 Å². The van der Waals surface area contributed by atoms with Crippen LogP contribution in [0.25, 0.3) is 0 Å². The van der Waals surface area contributed by atoms with Crippen LogP contribution in [0.4, 0.5) is 10.1 Å². The van der Waals surface area contributed by atoms with E-state index in [9.17, 15) is 17.6 Å². The Hall–Kier alpha value is -1.97. The van der Waals surface area contributed by atoms with Crippen molar-refractivity contribution >= 4 is 33.0 Å². The maximum absolute atomic E-state index is 13.0. The van der Waals surface area contributed by atoms with Gasteiger partial charge in [0.25, 0.3) is 0 Å².